The van der Waals surface area contributed by atoms with Crippen molar-refractivity contribution in [2.45, 2.75) is 38.2 Å². The maximum atomic E-state index is 8.77. The molecule has 1 saturated carbocycles. The summed E-state index contributed by atoms with van der Waals surface area (Å²) in [5.41, 5.74) is 0.304. The first-order valence-electron chi connectivity index (χ1n) is 5.52. The topological polar surface area (TPSA) is 45.9 Å². The van der Waals surface area contributed by atoms with E-state index >= 15 is 0 Å². The van der Waals surface area contributed by atoms with Gasteiger partial charge in [-0.3, -0.25) is 0 Å². The molecule has 1 heterocycles. The Labute approximate surface area is 100 Å². The van der Waals surface area contributed by atoms with Crippen LogP contribution in [0.25, 0.3) is 0 Å². The summed E-state index contributed by atoms with van der Waals surface area (Å²) < 4.78 is 5.80. The minimum Gasteiger partial charge on any atom is -0.490 e. The summed E-state index contributed by atoms with van der Waals surface area (Å²) >= 11 is 5.80. The van der Waals surface area contributed by atoms with Gasteiger partial charge in [0.2, 0.25) is 0 Å². The average Bonchev–Trinajstić information content (AvgIpc) is 2.29. The van der Waals surface area contributed by atoms with Gasteiger partial charge in [-0.1, -0.05) is 18.0 Å². The lowest BCUT2D eigenvalue weighted by atomic mass is 9.98. The van der Waals surface area contributed by atoms with Crippen molar-refractivity contribution in [3.8, 4) is 11.8 Å². The van der Waals surface area contributed by atoms with Crippen LogP contribution in [0.3, 0.4) is 0 Å². The van der Waals surface area contributed by atoms with Gasteiger partial charge in [0, 0.05) is 12.1 Å². The van der Waals surface area contributed by atoms with E-state index in [2.05, 4.69) is 4.98 Å². The SMILES string of the molecule is N#Cc1cc(OC2CCCCC2)cc(Cl)n1. The lowest BCUT2D eigenvalue weighted by Gasteiger charge is -2.22. The van der Waals surface area contributed by atoms with Crippen molar-refractivity contribution in [2.24, 2.45) is 0 Å². The second-order valence-electron chi connectivity index (χ2n) is 4.00. The highest BCUT2D eigenvalue weighted by Crippen LogP contribution is 2.25. The molecule has 84 valence electrons. The van der Waals surface area contributed by atoms with Gasteiger partial charge >= 0.3 is 0 Å². The molecule has 1 aromatic rings. The van der Waals surface area contributed by atoms with Crippen molar-refractivity contribution in [1.82, 2.24) is 4.98 Å². The number of aromatic nitrogens is 1. The Kier molecular flexibility index (Phi) is 3.63. The number of ether oxygens (including phenoxy) is 1. The zero-order chi connectivity index (χ0) is 11.4. The lowest BCUT2D eigenvalue weighted by molar-refractivity contribution is 0.155. The van der Waals surface area contributed by atoms with Crippen molar-refractivity contribution >= 4 is 11.6 Å². The lowest BCUT2D eigenvalue weighted by Crippen LogP contribution is -2.19. The van der Waals surface area contributed by atoms with Crippen LogP contribution in [0.1, 0.15) is 37.8 Å². The molecule has 0 bridgehead atoms. The monoisotopic (exact) mass is 236 g/mol. The molecule has 0 unspecified atom stereocenters. The van der Waals surface area contributed by atoms with Crippen LogP contribution < -0.4 is 4.74 Å². The molecule has 2 rings (SSSR count). The minimum absolute atomic E-state index is 0.263. The Morgan fingerprint density at radius 3 is 2.75 bits per heavy atom. The molecule has 1 aliphatic rings. The molecule has 0 radical (unpaired) electrons. The van der Waals surface area contributed by atoms with E-state index in [1.165, 1.54) is 19.3 Å². The van der Waals surface area contributed by atoms with Gasteiger partial charge < -0.3 is 4.74 Å². The average molecular weight is 237 g/mol. The standard InChI is InChI=1S/C12H13ClN2O/c13-12-7-11(6-9(8-14)15-12)16-10-4-2-1-3-5-10/h6-7,10H,1-5H2. The summed E-state index contributed by atoms with van der Waals surface area (Å²) in [6.45, 7) is 0. The maximum Gasteiger partial charge on any atom is 0.145 e. The van der Waals surface area contributed by atoms with E-state index in [-0.39, 0.29) is 6.10 Å². The molecular formula is C12H13ClN2O. The molecule has 0 spiro atoms. The van der Waals surface area contributed by atoms with Gasteiger partial charge in [0.15, 0.2) is 0 Å². The third kappa shape index (κ3) is 2.86. The van der Waals surface area contributed by atoms with Crippen LogP contribution in [0.2, 0.25) is 5.15 Å². The first kappa shape index (κ1) is 11.2. The molecule has 0 aromatic carbocycles. The van der Waals surface area contributed by atoms with E-state index < -0.39 is 0 Å². The smallest absolute Gasteiger partial charge is 0.145 e. The van der Waals surface area contributed by atoms with Crippen LogP contribution in [0.5, 0.6) is 5.75 Å². The first-order valence-corrected chi connectivity index (χ1v) is 5.90. The van der Waals surface area contributed by atoms with E-state index in [9.17, 15) is 0 Å². The number of hydrogen-bond acceptors (Lipinski definition) is 3. The molecule has 0 N–H and O–H groups in total. The number of rotatable bonds is 2. The van der Waals surface area contributed by atoms with Crippen LogP contribution in [0.15, 0.2) is 12.1 Å². The molecule has 1 aliphatic carbocycles. The summed E-state index contributed by atoms with van der Waals surface area (Å²) in [6.07, 6.45) is 6.16. The molecule has 4 heteroatoms. The van der Waals surface area contributed by atoms with Crippen molar-refractivity contribution < 1.29 is 4.74 Å². The molecule has 0 saturated heterocycles. The largest absolute Gasteiger partial charge is 0.490 e. The van der Waals surface area contributed by atoms with Crippen LogP contribution in [-0.2, 0) is 0 Å². The highest BCUT2D eigenvalue weighted by atomic mass is 35.5. The zero-order valence-electron chi connectivity index (χ0n) is 8.95. The normalized spacial score (nSPS) is 16.8. The predicted octanol–water partition coefficient (Wildman–Crippen LogP) is 3.32. The Morgan fingerprint density at radius 1 is 1.31 bits per heavy atom. The van der Waals surface area contributed by atoms with Gasteiger partial charge in [-0.05, 0) is 25.7 Å². The summed E-state index contributed by atoms with van der Waals surface area (Å²) in [5, 5.41) is 9.08. The summed E-state index contributed by atoms with van der Waals surface area (Å²) in [7, 11) is 0. The fourth-order valence-electron chi connectivity index (χ4n) is 1.97. The Hall–Kier alpha value is -1.27. The third-order valence-corrected chi connectivity index (χ3v) is 2.93. The van der Waals surface area contributed by atoms with Crippen LogP contribution in [-0.4, -0.2) is 11.1 Å². The van der Waals surface area contributed by atoms with Gasteiger partial charge in [-0.15, -0.1) is 0 Å². The fraction of sp³-hybridized carbons (Fsp3) is 0.500. The van der Waals surface area contributed by atoms with Crippen molar-refractivity contribution in [3.63, 3.8) is 0 Å². The molecule has 0 aliphatic heterocycles. The quantitative estimate of drug-likeness (QED) is 0.740. The van der Waals surface area contributed by atoms with E-state index in [4.69, 9.17) is 21.6 Å². The molecule has 1 aromatic heterocycles. The third-order valence-electron chi connectivity index (χ3n) is 2.74. The molecule has 3 nitrogen and oxygen atoms in total. The number of pyridine rings is 1. The molecule has 1 fully saturated rings. The van der Waals surface area contributed by atoms with Gasteiger partial charge in [0.05, 0.1) is 6.10 Å². The van der Waals surface area contributed by atoms with Crippen LogP contribution >= 0.6 is 11.6 Å². The molecular weight excluding hydrogens is 224 g/mol. The minimum atomic E-state index is 0.263. The molecule has 0 amide bonds. The summed E-state index contributed by atoms with van der Waals surface area (Å²) in [6, 6.07) is 5.27. The second-order valence-corrected chi connectivity index (χ2v) is 4.39. The van der Waals surface area contributed by atoms with E-state index in [1.54, 1.807) is 12.1 Å². The second kappa shape index (κ2) is 5.18. The van der Waals surface area contributed by atoms with Crippen molar-refractivity contribution in [1.29, 1.82) is 5.26 Å². The highest BCUT2D eigenvalue weighted by Gasteiger charge is 2.15. The number of nitrogens with zero attached hydrogens (tertiary/aromatic N) is 2. The van der Waals surface area contributed by atoms with Gasteiger partial charge in [-0.2, -0.15) is 5.26 Å². The summed E-state index contributed by atoms with van der Waals surface area (Å²) in [4.78, 5) is 3.87. The van der Waals surface area contributed by atoms with Gasteiger partial charge in [0.1, 0.15) is 22.7 Å². The number of nitriles is 1. The molecule has 16 heavy (non-hydrogen) atoms. The van der Waals surface area contributed by atoms with E-state index in [0.717, 1.165) is 12.8 Å². The first-order chi connectivity index (χ1) is 7.78. The summed E-state index contributed by atoms with van der Waals surface area (Å²) in [5.74, 6) is 0.656. The van der Waals surface area contributed by atoms with Gasteiger partial charge in [-0.25, -0.2) is 4.98 Å². The van der Waals surface area contributed by atoms with Crippen LogP contribution in [0.4, 0.5) is 0 Å². The van der Waals surface area contributed by atoms with Crippen LogP contribution in [0, 0.1) is 11.3 Å². The van der Waals surface area contributed by atoms with Crippen molar-refractivity contribution in [2.75, 3.05) is 0 Å². The Bertz CT molecular complexity index is 408. The highest BCUT2D eigenvalue weighted by molar-refractivity contribution is 6.29. The maximum absolute atomic E-state index is 8.77. The van der Waals surface area contributed by atoms with E-state index in [1.807, 2.05) is 6.07 Å². The number of hydrogen-bond donors (Lipinski definition) is 0. The Balaban J connectivity index is 2.08. The Morgan fingerprint density at radius 2 is 2.06 bits per heavy atom. The number of halogens is 1. The predicted molar refractivity (Wildman–Crippen MR) is 61.5 cm³/mol. The van der Waals surface area contributed by atoms with E-state index in [0.29, 0.717) is 16.6 Å². The fourth-order valence-corrected chi connectivity index (χ4v) is 2.17. The van der Waals surface area contributed by atoms with Crippen molar-refractivity contribution in [3.05, 3.63) is 23.0 Å². The molecule has 0 atom stereocenters. The zero-order valence-corrected chi connectivity index (χ0v) is 9.70. The van der Waals surface area contributed by atoms with Gasteiger partial charge in [0.25, 0.3) is 0 Å².